The number of ether oxygens (including phenoxy) is 3. The Morgan fingerprint density at radius 3 is 2.54 bits per heavy atom. The molecule has 0 saturated carbocycles. The molecule has 0 N–H and O–H groups in total. The summed E-state index contributed by atoms with van der Waals surface area (Å²) in [6.07, 6.45) is -5.05. The average molecular weight is 397 g/mol. The minimum atomic E-state index is -4.79. The molecule has 1 saturated heterocycles. The van der Waals surface area contributed by atoms with Crippen LogP contribution in [0.1, 0.15) is 12.5 Å². The summed E-state index contributed by atoms with van der Waals surface area (Å²) in [6.45, 7) is 1.43. The first kappa shape index (κ1) is 20.5. The third kappa shape index (κ3) is 5.32. The molecule has 1 aliphatic heterocycles. The van der Waals surface area contributed by atoms with Crippen molar-refractivity contribution in [2.24, 2.45) is 0 Å². The lowest BCUT2D eigenvalue weighted by Gasteiger charge is -2.18. The number of esters is 1. The molecule has 0 bridgehead atoms. The lowest BCUT2D eigenvalue weighted by atomic mass is 10.2. The Morgan fingerprint density at radius 2 is 2.00 bits per heavy atom. The van der Waals surface area contributed by atoms with E-state index in [1.807, 2.05) is 0 Å². The van der Waals surface area contributed by atoms with Gasteiger partial charge in [-0.15, -0.1) is 0 Å². The van der Waals surface area contributed by atoms with Gasteiger partial charge < -0.3 is 14.2 Å². The Balaban J connectivity index is 2.31. The van der Waals surface area contributed by atoms with Gasteiger partial charge in [0.2, 0.25) is 10.0 Å². The van der Waals surface area contributed by atoms with E-state index in [-0.39, 0.29) is 19.3 Å². The van der Waals surface area contributed by atoms with Gasteiger partial charge >= 0.3 is 12.1 Å². The van der Waals surface area contributed by atoms with Gasteiger partial charge in [-0.3, -0.25) is 0 Å². The second-order valence-electron chi connectivity index (χ2n) is 5.53. The summed E-state index contributed by atoms with van der Waals surface area (Å²) < 4.78 is 79.8. The summed E-state index contributed by atoms with van der Waals surface area (Å²) >= 11 is 0. The van der Waals surface area contributed by atoms with Crippen molar-refractivity contribution in [3.05, 3.63) is 23.8 Å². The minimum absolute atomic E-state index is 0.0254. The molecule has 0 spiro atoms. The zero-order valence-electron chi connectivity index (χ0n) is 14.1. The number of hydrogen-bond acceptors (Lipinski definition) is 6. The SMILES string of the molecule is CCOC(=O)COc1cc(C(F)(F)F)cc(S(=O)(=O)N(C)C[C@H]2CO2)c1. The molecule has 1 aromatic rings. The largest absolute Gasteiger partial charge is 0.482 e. The van der Waals surface area contributed by atoms with Crippen molar-refractivity contribution < 1.29 is 40.6 Å². The summed E-state index contributed by atoms with van der Waals surface area (Å²) in [4.78, 5) is 10.7. The van der Waals surface area contributed by atoms with Crippen molar-refractivity contribution >= 4 is 16.0 Å². The molecule has 26 heavy (non-hydrogen) atoms. The molecule has 0 aliphatic carbocycles. The molecule has 0 unspecified atom stereocenters. The van der Waals surface area contributed by atoms with Crippen LogP contribution < -0.4 is 4.74 Å². The number of carbonyl (C=O) groups excluding carboxylic acids is 1. The van der Waals surface area contributed by atoms with Gasteiger partial charge in [-0.25, -0.2) is 13.2 Å². The topological polar surface area (TPSA) is 85.4 Å². The highest BCUT2D eigenvalue weighted by Gasteiger charge is 2.35. The van der Waals surface area contributed by atoms with Crippen LogP contribution in [0, 0.1) is 0 Å². The molecule has 0 aromatic heterocycles. The molecule has 11 heteroatoms. The molecule has 146 valence electrons. The molecular formula is C15H18F3NO6S. The van der Waals surface area contributed by atoms with E-state index in [2.05, 4.69) is 4.74 Å². The number of epoxide rings is 1. The van der Waals surface area contributed by atoms with Gasteiger partial charge in [0.25, 0.3) is 0 Å². The van der Waals surface area contributed by atoms with E-state index in [0.29, 0.717) is 18.7 Å². The molecule has 0 amide bonds. The quantitative estimate of drug-likeness (QED) is 0.490. The highest BCUT2D eigenvalue weighted by Crippen LogP contribution is 2.34. The lowest BCUT2D eigenvalue weighted by molar-refractivity contribution is -0.145. The maximum atomic E-state index is 13.1. The molecule has 1 aromatic carbocycles. The molecule has 2 rings (SSSR count). The van der Waals surface area contributed by atoms with E-state index >= 15 is 0 Å². The van der Waals surface area contributed by atoms with Crippen molar-refractivity contribution in [1.82, 2.24) is 4.31 Å². The van der Waals surface area contributed by atoms with E-state index in [1.54, 1.807) is 6.92 Å². The van der Waals surface area contributed by atoms with Gasteiger partial charge in [0, 0.05) is 19.7 Å². The van der Waals surface area contributed by atoms with Crippen LogP contribution in [0.3, 0.4) is 0 Å². The fraction of sp³-hybridized carbons (Fsp3) is 0.533. The smallest absolute Gasteiger partial charge is 0.416 e. The van der Waals surface area contributed by atoms with Crippen LogP contribution in [0.4, 0.5) is 13.2 Å². The van der Waals surface area contributed by atoms with Crippen molar-refractivity contribution in [3.8, 4) is 5.75 Å². The van der Waals surface area contributed by atoms with Gasteiger partial charge in [-0.05, 0) is 19.1 Å². The van der Waals surface area contributed by atoms with Crippen molar-refractivity contribution in [3.63, 3.8) is 0 Å². The number of carbonyl (C=O) groups is 1. The van der Waals surface area contributed by atoms with E-state index in [9.17, 15) is 26.4 Å². The first-order valence-corrected chi connectivity index (χ1v) is 9.06. The summed E-state index contributed by atoms with van der Waals surface area (Å²) in [5, 5.41) is 0. The number of nitrogens with zero attached hydrogens (tertiary/aromatic N) is 1. The minimum Gasteiger partial charge on any atom is -0.482 e. The summed E-state index contributed by atoms with van der Waals surface area (Å²) in [7, 11) is -2.94. The van der Waals surface area contributed by atoms with Gasteiger partial charge in [0.1, 0.15) is 5.75 Å². The van der Waals surface area contributed by atoms with Crippen molar-refractivity contribution in [2.45, 2.75) is 24.1 Å². The second-order valence-corrected chi connectivity index (χ2v) is 7.57. The molecule has 1 atom stereocenters. The summed E-state index contributed by atoms with van der Waals surface area (Å²) in [6, 6.07) is 2.09. The average Bonchev–Trinajstić information content (AvgIpc) is 3.36. The maximum absolute atomic E-state index is 13.1. The number of halogens is 3. The first-order valence-electron chi connectivity index (χ1n) is 7.62. The van der Waals surface area contributed by atoms with Crippen LogP contribution >= 0.6 is 0 Å². The lowest BCUT2D eigenvalue weighted by Crippen LogP contribution is -2.30. The van der Waals surface area contributed by atoms with Crippen LogP contribution in [-0.4, -0.2) is 58.2 Å². The Bertz CT molecular complexity index is 761. The summed E-state index contributed by atoms with van der Waals surface area (Å²) in [5.41, 5.74) is -1.20. The number of alkyl halides is 3. The van der Waals surface area contributed by atoms with E-state index < -0.39 is 45.0 Å². The van der Waals surface area contributed by atoms with Crippen molar-refractivity contribution in [1.29, 1.82) is 0 Å². The zero-order valence-corrected chi connectivity index (χ0v) is 14.9. The second kappa shape index (κ2) is 7.80. The molecule has 1 heterocycles. The van der Waals surface area contributed by atoms with E-state index in [4.69, 9.17) is 9.47 Å². The molecule has 1 aliphatic rings. The molecule has 7 nitrogen and oxygen atoms in total. The van der Waals surface area contributed by atoms with Gasteiger partial charge in [0.15, 0.2) is 6.61 Å². The third-order valence-electron chi connectivity index (χ3n) is 3.44. The Hall–Kier alpha value is -1.85. The van der Waals surface area contributed by atoms with Gasteiger partial charge in [0.05, 0.1) is 29.8 Å². The fourth-order valence-electron chi connectivity index (χ4n) is 2.05. The van der Waals surface area contributed by atoms with Gasteiger partial charge in [-0.2, -0.15) is 17.5 Å². The molecule has 1 fully saturated rings. The highest BCUT2D eigenvalue weighted by molar-refractivity contribution is 7.89. The Morgan fingerprint density at radius 1 is 1.35 bits per heavy atom. The van der Waals surface area contributed by atoms with Crippen LogP contribution in [0.25, 0.3) is 0 Å². The molecule has 0 radical (unpaired) electrons. The normalized spacial score (nSPS) is 17.2. The highest BCUT2D eigenvalue weighted by atomic mass is 32.2. The van der Waals surface area contributed by atoms with E-state index in [0.717, 1.165) is 10.4 Å². The third-order valence-corrected chi connectivity index (χ3v) is 5.24. The zero-order chi connectivity index (χ0) is 19.5. The maximum Gasteiger partial charge on any atom is 0.416 e. The number of rotatable bonds is 8. The van der Waals surface area contributed by atoms with Crippen molar-refractivity contribution in [2.75, 3.05) is 33.4 Å². The van der Waals surface area contributed by atoms with Gasteiger partial charge in [-0.1, -0.05) is 0 Å². The predicted octanol–water partition coefficient (Wildman–Crippen LogP) is 1.67. The Labute approximate surface area is 148 Å². The first-order chi connectivity index (χ1) is 12.0. The standard InChI is InChI=1S/C15H18F3NO6S/c1-3-23-14(20)9-25-11-4-10(15(16,17)18)5-13(6-11)26(21,22)19(2)7-12-8-24-12/h4-6,12H,3,7-9H2,1-2H3/t12-/m0/s1. The number of likely N-dealkylation sites (N-methyl/N-ethyl adjacent to an activating group) is 1. The number of hydrogen-bond donors (Lipinski definition) is 0. The fourth-order valence-corrected chi connectivity index (χ4v) is 3.31. The van der Waals surface area contributed by atoms with Crippen LogP contribution in [0.2, 0.25) is 0 Å². The van der Waals surface area contributed by atoms with E-state index in [1.165, 1.54) is 7.05 Å². The monoisotopic (exact) mass is 397 g/mol. The molecular weight excluding hydrogens is 379 g/mol. The van der Waals surface area contributed by atoms with Crippen LogP contribution in [0.15, 0.2) is 23.1 Å². The predicted molar refractivity (Wildman–Crippen MR) is 83.1 cm³/mol. The van der Waals surface area contributed by atoms with Crippen LogP contribution in [0.5, 0.6) is 5.75 Å². The Kier molecular flexibility index (Phi) is 6.14. The number of benzene rings is 1. The van der Waals surface area contributed by atoms with Crippen LogP contribution in [-0.2, 0) is 30.5 Å². The summed E-state index contributed by atoms with van der Waals surface area (Å²) in [5.74, 6) is -1.18. The number of sulfonamides is 1.